The van der Waals surface area contributed by atoms with Crippen LogP contribution < -0.4 is 5.32 Å². The number of aryl methyl sites for hydroxylation is 1. The summed E-state index contributed by atoms with van der Waals surface area (Å²) in [6.07, 6.45) is -8.44. The second-order valence-corrected chi connectivity index (χ2v) is 7.65. The Hall–Kier alpha value is -2.27. The first-order chi connectivity index (χ1) is 13.9. The largest absolute Gasteiger partial charge is 0.391 e. The Balaban J connectivity index is 1.87. The first-order valence-corrected chi connectivity index (χ1v) is 9.39. The van der Waals surface area contributed by atoms with Crippen molar-refractivity contribution in [2.45, 2.75) is 69.8 Å². The molecule has 0 aromatic carbocycles. The number of hydrogen-bond donors (Lipinski definition) is 1. The minimum absolute atomic E-state index is 0.111. The second kappa shape index (κ2) is 8.10. The van der Waals surface area contributed by atoms with Crippen molar-refractivity contribution in [3.8, 4) is 0 Å². The molecule has 3 rings (SSSR count). The molecule has 1 N–H and O–H groups in total. The minimum Gasteiger partial charge on any atom is -0.351 e. The number of nitrogens with one attached hydrogen (secondary N) is 1. The summed E-state index contributed by atoms with van der Waals surface area (Å²) in [5, 5.41) is 2.64. The van der Waals surface area contributed by atoms with Crippen molar-refractivity contribution in [2.75, 3.05) is 5.32 Å². The average Bonchev–Trinajstić information content (AvgIpc) is 2.62. The highest BCUT2D eigenvalue weighted by Crippen LogP contribution is 2.39. The molecule has 12 heteroatoms. The third-order valence-electron chi connectivity index (χ3n) is 5.15. The van der Waals surface area contributed by atoms with E-state index >= 15 is 0 Å². The molecule has 1 heterocycles. The number of hydrogen-bond acceptors (Lipinski definition) is 5. The van der Waals surface area contributed by atoms with Gasteiger partial charge in [0.15, 0.2) is 17.8 Å². The number of halogens is 7. The van der Waals surface area contributed by atoms with Crippen molar-refractivity contribution in [1.82, 2.24) is 15.0 Å². The number of aromatic nitrogens is 3. The lowest BCUT2D eigenvalue weighted by atomic mass is 9.88. The van der Waals surface area contributed by atoms with Crippen LogP contribution in [0.2, 0.25) is 0 Å². The molecular formula is C18H19F7N4O. The van der Waals surface area contributed by atoms with E-state index < -0.39 is 54.7 Å². The first-order valence-electron chi connectivity index (χ1n) is 9.39. The molecule has 0 radical (unpaired) electrons. The Morgan fingerprint density at radius 1 is 1.20 bits per heavy atom. The highest BCUT2D eigenvalue weighted by atomic mass is 19.4. The van der Waals surface area contributed by atoms with Gasteiger partial charge in [0.2, 0.25) is 11.7 Å². The van der Waals surface area contributed by atoms with Crippen LogP contribution in [0.1, 0.15) is 50.7 Å². The highest BCUT2D eigenvalue weighted by Gasteiger charge is 2.45. The summed E-state index contributed by atoms with van der Waals surface area (Å²) in [5.74, 6) is -7.82. The van der Waals surface area contributed by atoms with Gasteiger partial charge in [-0.05, 0) is 19.3 Å². The van der Waals surface area contributed by atoms with Gasteiger partial charge in [0.05, 0.1) is 5.92 Å². The average molecular weight is 440 g/mol. The maximum atomic E-state index is 14.3. The summed E-state index contributed by atoms with van der Waals surface area (Å²) in [7, 11) is 0. The fourth-order valence-electron chi connectivity index (χ4n) is 3.19. The monoisotopic (exact) mass is 440 g/mol. The molecule has 0 aliphatic heterocycles. The standard InChI is InChI=1S/C18H19F7N4O/c1-8(18(23,24)25)2-5-12-27-15(10-3-4-11(19)14(30)13(10)20)29-16(28-12)26-9-6-17(21,22)7-9/h8-9,11H,2-7H2,1H3,(H,26,27,28,29)/t8-,11?/m0/s1. The molecule has 1 unspecified atom stereocenters. The molecule has 5 nitrogen and oxygen atoms in total. The first kappa shape index (κ1) is 22.4. The SMILES string of the molecule is C[C@@H](CCc1nc(NC2CC(F)(F)C2)nc(C2=C(F)C(=O)C(F)CC2)n1)C(F)(F)F. The van der Waals surface area contributed by atoms with Crippen LogP contribution in [0.4, 0.5) is 36.7 Å². The van der Waals surface area contributed by atoms with Gasteiger partial charge in [0.25, 0.3) is 5.92 Å². The van der Waals surface area contributed by atoms with Crippen LogP contribution in [0.25, 0.3) is 5.57 Å². The zero-order chi connectivity index (χ0) is 22.3. The molecule has 0 spiro atoms. The van der Waals surface area contributed by atoms with Crippen molar-refractivity contribution >= 4 is 17.3 Å². The lowest BCUT2D eigenvalue weighted by Gasteiger charge is -2.35. The quantitative estimate of drug-likeness (QED) is 0.656. The zero-order valence-electron chi connectivity index (χ0n) is 15.9. The van der Waals surface area contributed by atoms with Gasteiger partial charge in [0.1, 0.15) is 5.82 Å². The number of rotatable bonds is 6. The third-order valence-corrected chi connectivity index (χ3v) is 5.15. The Kier molecular flexibility index (Phi) is 6.06. The third kappa shape index (κ3) is 5.07. The molecule has 2 atom stereocenters. The second-order valence-electron chi connectivity index (χ2n) is 7.65. The van der Waals surface area contributed by atoms with Crippen LogP contribution in [0, 0.1) is 5.92 Å². The van der Waals surface area contributed by atoms with Crippen molar-refractivity contribution in [3.05, 3.63) is 17.5 Å². The number of Topliss-reactive ketones (excluding diaryl/α,β-unsaturated/α-hetero) is 1. The maximum absolute atomic E-state index is 14.3. The molecule has 30 heavy (non-hydrogen) atoms. The minimum atomic E-state index is -4.42. The molecule has 1 fully saturated rings. The van der Waals surface area contributed by atoms with Gasteiger partial charge >= 0.3 is 6.18 Å². The number of carbonyl (C=O) groups excluding carboxylic acids is 1. The summed E-state index contributed by atoms with van der Waals surface area (Å²) in [6, 6.07) is -0.667. The molecule has 1 aromatic heterocycles. The number of allylic oxidation sites excluding steroid dienone is 2. The fourth-order valence-corrected chi connectivity index (χ4v) is 3.19. The molecule has 2 aliphatic rings. The Labute approximate surface area is 167 Å². The van der Waals surface area contributed by atoms with E-state index in [-0.39, 0.29) is 48.9 Å². The predicted octanol–water partition coefficient (Wildman–Crippen LogP) is 4.59. The fraction of sp³-hybridized carbons (Fsp3) is 0.667. The van der Waals surface area contributed by atoms with Crippen molar-refractivity contribution in [3.63, 3.8) is 0 Å². The van der Waals surface area contributed by atoms with Crippen LogP contribution in [0.3, 0.4) is 0 Å². The lowest BCUT2D eigenvalue weighted by molar-refractivity contribution is -0.171. The summed E-state index contributed by atoms with van der Waals surface area (Å²) >= 11 is 0. The van der Waals surface area contributed by atoms with E-state index in [1.807, 2.05) is 0 Å². The van der Waals surface area contributed by atoms with Crippen LogP contribution in [0.5, 0.6) is 0 Å². The highest BCUT2D eigenvalue weighted by molar-refractivity contribution is 6.04. The van der Waals surface area contributed by atoms with Gasteiger partial charge in [-0.15, -0.1) is 0 Å². The van der Waals surface area contributed by atoms with Gasteiger partial charge in [-0.2, -0.15) is 23.1 Å². The maximum Gasteiger partial charge on any atom is 0.391 e. The van der Waals surface area contributed by atoms with Gasteiger partial charge in [0, 0.05) is 30.9 Å². The van der Waals surface area contributed by atoms with Gasteiger partial charge < -0.3 is 5.32 Å². The van der Waals surface area contributed by atoms with Gasteiger partial charge in [-0.1, -0.05) is 6.92 Å². The normalized spacial score (nSPS) is 23.3. The number of ketones is 1. The summed E-state index contributed by atoms with van der Waals surface area (Å²) < 4.78 is 92.1. The smallest absolute Gasteiger partial charge is 0.351 e. The van der Waals surface area contributed by atoms with E-state index in [2.05, 4.69) is 20.3 Å². The van der Waals surface area contributed by atoms with E-state index in [4.69, 9.17) is 0 Å². The van der Waals surface area contributed by atoms with E-state index in [9.17, 15) is 35.5 Å². The van der Waals surface area contributed by atoms with Crippen molar-refractivity contribution < 1.29 is 35.5 Å². The number of anilines is 1. The zero-order valence-corrected chi connectivity index (χ0v) is 15.9. The Bertz CT molecular complexity index is 847. The topological polar surface area (TPSA) is 67.8 Å². The van der Waals surface area contributed by atoms with Crippen LogP contribution in [-0.2, 0) is 11.2 Å². The van der Waals surface area contributed by atoms with Crippen LogP contribution in [-0.4, -0.2) is 45.0 Å². The summed E-state index contributed by atoms with van der Waals surface area (Å²) in [4.78, 5) is 23.5. The summed E-state index contributed by atoms with van der Waals surface area (Å²) in [5.41, 5.74) is -0.275. The van der Waals surface area contributed by atoms with Crippen molar-refractivity contribution in [1.29, 1.82) is 0 Å². The van der Waals surface area contributed by atoms with E-state index in [1.165, 1.54) is 0 Å². The number of alkyl halides is 6. The molecule has 0 amide bonds. The van der Waals surface area contributed by atoms with Crippen LogP contribution in [0.15, 0.2) is 5.83 Å². The molecular weight excluding hydrogens is 421 g/mol. The van der Waals surface area contributed by atoms with Gasteiger partial charge in [-0.3, -0.25) is 4.79 Å². The molecule has 1 saturated carbocycles. The predicted molar refractivity (Wildman–Crippen MR) is 92.1 cm³/mol. The summed E-state index contributed by atoms with van der Waals surface area (Å²) in [6.45, 7) is 0.987. The molecule has 166 valence electrons. The lowest BCUT2D eigenvalue weighted by Crippen LogP contribution is -2.44. The van der Waals surface area contributed by atoms with E-state index in [0.29, 0.717) is 0 Å². The van der Waals surface area contributed by atoms with Gasteiger partial charge in [-0.25, -0.2) is 22.5 Å². The van der Waals surface area contributed by atoms with Crippen LogP contribution >= 0.6 is 0 Å². The Morgan fingerprint density at radius 3 is 2.47 bits per heavy atom. The Morgan fingerprint density at radius 2 is 1.87 bits per heavy atom. The van der Waals surface area contributed by atoms with E-state index in [0.717, 1.165) is 6.92 Å². The molecule has 0 bridgehead atoms. The van der Waals surface area contributed by atoms with E-state index in [1.54, 1.807) is 0 Å². The molecule has 2 aliphatic carbocycles. The number of carbonyl (C=O) groups is 1. The number of nitrogens with zero attached hydrogens (tertiary/aromatic N) is 3. The van der Waals surface area contributed by atoms with Crippen molar-refractivity contribution in [2.24, 2.45) is 5.92 Å². The molecule has 1 aromatic rings. The molecule has 0 saturated heterocycles.